The molecular weight excluding hydrogens is 483 g/mol. The highest BCUT2D eigenvalue weighted by atomic mass is 19.1. The molecule has 12 nitrogen and oxygen atoms in total. The van der Waals surface area contributed by atoms with Gasteiger partial charge in [0.15, 0.2) is 17.4 Å². The Balaban J connectivity index is 0.000000886. The van der Waals surface area contributed by atoms with Gasteiger partial charge in [0.05, 0.1) is 7.11 Å². The molecule has 0 saturated heterocycles. The lowest BCUT2D eigenvalue weighted by Gasteiger charge is -2.20. The van der Waals surface area contributed by atoms with Gasteiger partial charge in [-0.1, -0.05) is 6.07 Å². The third-order valence-corrected chi connectivity index (χ3v) is 4.90. The molecule has 2 aromatic carbocycles. The van der Waals surface area contributed by atoms with Gasteiger partial charge in [-0.2, -0.15) is 0 Å². The lowest BCUT2D eigenvalue weighted by Crippen LogP contribution is -2.18. The average molecular weight is 509 g/mol. The van der Waals surface area contributed by atoms with Gasteiger partial charge < -0.3 is 20.9 Å². The molecule has 1 atom stereocenters. The van der Waals surface area contributed by atoms with E-state index in [1.807, 2.05) is 6.92 Å². The number of carboxylic acid groups (broad SMARTS) is 1. The fourth-order valence-electron chi connectivity index (χ4n) is 3.33. The number of aromatic nitrogens is 5. The van der Waals surface area contributed by atoms with Crippen molar-refractivity contribution in [2.75, 3.05) is 12.4 Å². The molecule has 0 amide bonds. The van der Waals surface area contributed by atoms with Crippen LogP contribution in [0.3, 0.4) is 0 Å². The lowest BCUT2D eigenvalue weighted by atomic mass is 10.0. The van der Waals surface area contributed by atoms with Crippen LogP contribution < -0.4 is 21.5 Å². The van der Waals surface area contributed by atoms with Crippen LogP contribution in [0.2, 0.25) is 0 Å². The van der Waals surface area contributed by atoms with Crippen LogP contribution in [0.5, 0.6) is 5.75 Å². The zero-order valence-corrected chi connectivity index (χ0v) is 20.2. The first-order valence-electron chi connectivity index (χ1n) is 10.8. The molecule has 0 radical (unpaired) electrons. The summed E-state index contributed by atoms with van der Waals surface area (Å²) in [5, 5.41) is 22.5. The Morgan fingerprint density at radius 2 is 1.86 bits per heavy atom. The van der Waals surface area contributed by atoms with Gasteiger partial charge in [-0.05, 0) is 48.9 Å². The largest absolute Gasteiger partial charge is 0.494 e. The number of hydrogen-bond donors (Lipinski definition) is 5. The van der Waals surface area contributed by atoms with Gasteiger partial charge in [-0.3, -0.25) is 15.2 Å². The fourth-order valence-corrected chi connectivity index (χ4v) is 3.33. The van der Waals surface area contributed by atoms with E-state index in [2.05, 4.69) is 25.4 Å². The van der Waals surface area contributed by atoms with Crippen LogP contribution in [-0.2, 0) is 4.79 Å². The Hall–Kier alpha value is -5.07. The summed E-state index contributed by atoms with van der Waals surface area (Å²) in [7, 11) is 1.38. The van der Waals surface area contributed by atoms with Gasteiger partial charge in [0.1, 0.15) is 11.9 Å². The van der Waals surface area contributed by atoms with E-state index in [1.165, 1.54) is 19.5 Å². The number of nitrogens with one attached hydrogen (secondary N) is 3. The number of halogens is 1. The maximum absolute atomic E-state index is 15.3. The van der Waals surface area contributed by atoms with Crippen LogP contribution in [-0.4, -0.2) is 48.8 Å². The first kappa shape index (κ1) is 26.5. The van der Waals surface area contributed by atoms with Crippen molar-refractivity contribution in [1.29, 1.82) is 5.41 Å². The summed E-state index contributed by atoms with van der Waals surface area (Å²) in [6.45, 7) is 2.89. The maximum atomic E-state index is 15.3. The SMILES string of the molecule is CC(=O)O.COc1cc(C)cc(C(Nc2ccc(C(=N)N)cc2)c2nn(-c3ncccn3)c(=O)[nH]2)c1F. The van der Waals surface area contributed by atoms with E-state index in [9.17, 15) is 4.79 Å². The van der Waals surface area contributed by atoms with Crippen molar-refractivity contribution in [2.45, 2.75) is 19.9 Å². The van der Waals surface area contributed by atoms with E-state index in [4.69, 9.17) is 25.8 Å². The predicted molar refractivity (Wildman–Crippen MR) is 134 cm³/mol. The van der Waals surface area contributed by atoms with Crippen LogP contribution in [0.15, 0.2) is 59.7 Å². The van der Waals surface area contributed by atoms with Gasteiger partial charge in [-0.25, -0.2) is 19.2 Å². The summed E-state index contributed by atoms with van der Waals surface area (Å²) in [4.78, 5) is 32.4. The van der Waals surface area contributed by atoms with Gasteiger partial charge in [0.25, 0.3) is 11.9 Å². The molecule has 0 aliphatic carbocycles. The molecular formula is C24H25FN8O4. The highest BCUT2D eigenvalue weighted by Gasteiger charge is 2.26. The van der Waals surface area contributed by atoms with Gasteiger partial charge in [0, 0.05) is 36.1 Å². The predicted octanol–water partition coefficient (Wildman–Crippen LogP) is 2.38. The molecule has 37 heavy (non-hydrogen) atoms. The first-order valence-corrected chi connectivity index (χ1v) is 10.8. The van der Waals surface area contributed by atoms with E-state index < -0.39 is 23.5 Å². The number of methoxy groups -OCH3 is 1. The van der Waals surface area contributed by atoms with Crippen molar-refractivity contribution in [1.82, 2.24) is 24.7 Å². The number of aliphatic carboxylic acids is 1. The van der Waals surface area contributed by atoms with Crippen molar-refractivity contribution in [3.05, 3.63) is 93.7 Å². The Kier molecular flexibility index (Phi) is 8.30. The molecule has 2 heterocycles. The minimum atomic E-state index is -0.889. The summed E-state index contributed by atoms with van der Waals surface area (Å²) in [5.74, 6) is -1.20. The second-order valence-electron chi connectivity index (χ2n) is 7.73. The zero-order valence-electron chi connectivity index (χ0n) is 20.2. The third-order valence-electron chi connectivity index (χ3n) is 4.90. The Bertz CT molecular complexity index is 1450. The molecule has 0 spiro atoms. The Morgan fingerprint density at radius 1 is 1.24 bits per heavy atom. The maximum Gasteiger partial charge on any atom is 0.350 e. The number of anilines is 1. The number of nitrogens with two attached hydrogens (primary N) is 1. The number of ether oxygens (including phenoxy) is 1. The molecule has 1 unspecified atom stereocenters. The van der Waals surface area contributed by atoms with Crippen molar-refractivity contribution >= 4 is 17.5 Å². The van der Waals surface area contributed by atoms with Gasteiger partial charge in [0.2, 0.25) is 0 Å². The number of aromatic amines is 1. The minimum Gasteiger partial charge on any atom is -0.494 e. The lowest BCUT2D eigenvalue weighted by molar-refractivity contribution is -0.134. The van der Waals surface area contributed by atoms with E-state index in [0.717, 1.165) is 17.2 Å². The Labute approximate surface area is 210 Å². The second-order valence-corrected chi connectivity index (χ2v) is 7.73. The van der Waals surface area contributed by atoms with Gasteiger partial charge >= 0.3 is 5.69 Å². The fraction of sp³-hybridized carbons (Fsp3) is 0.167. The van der Waals surface area contributed by atoms with E-state index in [-0.39, 0.29) is 28.9 Å². The normalized spacial score (nSPS) is 11.1. The highest BCUT2D eigenvalue weighted by molar-refractivity contribution is 5.95. The number of aryl methyl sites for hydroxylation is 1. The zero-order chi connectivity index (χ0) is 27.1. The van der Waals surface area contributed by atoms with Crippen LogP contribution in [0.4, 0.5) is 10.1 Å². The van der Waals surface area contributed by atoms with Crippen LogP contribution in [0.25, 0.3) is 5.95 Å². The van der Waals surface area contributed by atoms with Crippen LogP contribution in [0.1, 0.15) is 35.5 Å². The number of H-pyrrole nitrogens is 1. The van der Waals surface area contributed by atoms with Crippen molar-refractivity contribution < 1.29 is 19.0 Å². The number of amidine groups is 1. The average Bonchev–Trinajstić information content (AvgIpc) is 3.25. The molecule has 0 fully saturated rings. The summed E-state index contributed by atoms with van der Waals surface area (Å²) in [6, 6.07) is 10.7. The number of carbonyl (C=O) groups is 1. The van der Waals surface area contributed by atoms with Crippen molar-refractivity contribution in [3.63, 3.8) is 0 Å². The molecule has 4 aromatic rings. The summed E-state index contributed by atoms with van der Waals surface area (Å²) in [5.41, 5.74) is 7.07. The molecule has 13 heteroatoms. The standard InChI is InChI=1S/C22H21FN8O2.C2H4O2/c1-12-10-15(17(23)16(11-12)33-2)18(28-14-6-4-13(5-7-14)19(24)25)20-29-22(32)31(30-20)21-26-8-3-9-27-21;1-2(3)4/h3-11,18,28H,1-2H3,(H3,24,25)(H,29,30,32);1H3,(H,3,4). The number of benzene rings is 2. The number of rotatable bonds is 7. The summed E-state index contributed by atoms with van der Waals surface area (Å²) < 4.78 is 21.5. The number of hydrogen-bond acceptors (Lipinski definition) is 8. The van der Waals surface area contributed by atoms with E-state index in [1.54, 1.807) is 42.5 Å². The monoisotopic (exact) mass is 508 g/mol. The van der Waals surface area contributed by atoms with Crippen molar-refractivity contribution in [3.8, 4) is 11.7 Å². The molecule has 0 aliphatic heterocycles. The molecule has 4 rings (SSSR count). The first-order chi connectivity index (χ1) is 17.6. The molecule has 0 saturated carbocycles. The van der Waals surface area contributed by atoms with E-state index >= 15 is 4.39 Å². The van der Waals surface area contributed by atoms with Crippen LogP contribution >= 0.6 is 0 Å². The topological polar surface area (TPSA) is 185 Å². The van der Waals surface area contributed by atoms with Crippen molar-refractivity contribution in [2.24, 2.45) is 5.73 Å². The van der Waals surface area contributed by atoms with E-state index in [0.29, 0.717) is 11.3 Å². The number of carboxylic acids is 1. The number of nitrogens with zero attached hydrogens (tertiary/aromatic N) is 4. The smallest absolute Gasteiger partial charge is 0.350 e. The van der Waals surface area contributed by atoms with Crippen LogP contribution in [0, 0.1) is 18.2 Å². The second kappa shape index (κ2) is 11.6. The Morgan fingerprint density at radius 3 is 2.43 bits per heavy atom. The van der Waals surface area contributed by atoms with Gasteiger partial charge in [-0.15, -0.1) is 9.78 Å². The number of nitrogen functional groups attached to an aromatic ring is 1. The minimum absolute atomic E-state index is 0.0666. The third kappa shape index (κ3) is 6.54. The summed E-state index contributed by atoms with van der Waals surface area (Å²) >= 11 is 0. The quantitative estimate of drug-likeness (QED) is 0.185. The summed E-state index contributed by atoms with van der Waals surface area (Å²) in [6.07, 6.45) is 2.97. The molecule has 0 aliphatic rings. The molecule has 0 bridgehead atoms. The molecule has 6 N–H and O–H groups in total. The highest BCUT2D eigenvalue weighted by Crippen LogP contribution is 2.32. The molecule has 2 aromatic heterocycles. The molecule has 192 valence electrons.